The molecule has 0 saturated carbocycles. The van der Waals surface area contributed by atoms with E-state index in [1.165, 1.54) is 14.6 Å². The van der Waals surface area contributed by atoms with Crippen LogP contribution in [0.4, 0.5) is 4.79 Å². The van der Waals surface area contributed by atoms with Gasteiger partial charge in [-0.2, -0.15) is 0 Å². The summed E-state index contributed by atoms with van der Waals surface area (Å²) in [4.78, 5) is 29.8. The summed E-state index contributed by atoms with van der Waals surface area (Å²) in [5, 5.41) is 6.40. The molecule has 1 aliphatic rings. The van der Waals surface area contributed by atoms with Gasteiger partial charge in [0.25, 0.3) is 5.91 Å². The third kappa shape index (κ3) is 4.80. The standard InChI is InChI=1S/C19H26N4O2S/c1-3-13(2)20-19(25)22-17(24)12-23-10-8-14(9-11-23)18-21-15-6-4-5-7-16(15)26-18/h4-7,13-14H,3,8-12H2,1-2H3,(H2,20,22,24,25)/p+1/t13-/m1/s1. The molecule has 1 saturated heterocycles. The van der Waals surface area contributed by atoms with Gasteiger partial charge < -0.3 is 10.2 Å². The zero-order chi connectivity index (χ0) is 18.5. The van der Waals surface area contributed by atoms with Crippen molar-refractivity contribution in [3.63, 3.8) is 0 Å². The maximum Gasteiger partial charge on any atom is 0.321 e. The van der Waals surface area contributed by atoms with E-state index in [1.807, 2.05) is 26.0 Å². The highest BCUT2D eigenvalue weighted by Gasteiger charge is 2.27. The molecule has 0 spiro atoms. The molecule has 7 heteroatoms. The number of piperidine rings is 1. The summed E-state index contributed by atoms with van der Waals surface area (Å²) < 4.78 is 1.24. The van der Waals surface area contributed by atoms with E-state index < -0.39 is 6.03 Å². The van der Waals surface area contributed by atoms with Crippen LogP contribution in [0.25, 0.3) is 10.2 Å². The van der Waals surface area contributed by atoms with Gasteiger partial charge in [0.1, 0.15) is 0 Å². The number of para-hydroxylation sites is 1. The Kier molecular flexibility index (Phi) is 6.21. The van der Waals surface area contributed by atoms with Crippen molar-refractivity contribution in [2.75, 3.05) is 19.6 Å². The van der Waals surface area contributed by atoms with Crippen LogP contribution in [0.1, 0.15) is 44.0 Å². The fraction of sp³-hybridized carbons (Fsp3) is 0.526. The van der Waals surface area contributed by atoms with Gasteiger partial charge >= 0.3 is 6.03 Å². The largest absolute Gasteiger partial charge is 0.335 e. The first-order valence-corrected chi connectivity index (χ1v) is 10.2. The van der Waals surface area contributed by atoms with Gasteiger partial charge in [-0.3, -0.25) is 10.1 Å². The van der Waals surface area contributed by atoms with Crippen molar-refractivity contribution >= 4 is 33.5 Å². The number of amides is 3. The summed E-state index contributed by atoms with van der Waals surface area (Å²) in [6.07, 6.45) is 2.90. The van der Waals surface area contributed by atoms with Crippen molar-refractivity contribution in [2.24, 2.45) is 0 Å². The third-order valence-electron chi connectivity index (χ3n) is 5.01. The number of hydrogen-bond donors (Lipinski definition) is 3. The highest BCUT2D eigenvalue weighted by molar-refractivity contribution is 7.18. The number of fused-ring (bicyclic) bond motifs is 1. The number of likely N-dealkylation sites (tertiary alicyclic amines) is 1. The molecule has 1 fully saturated rings. The summed E-state index contributed by atoms with van der Waals surface area (Å²) in [6.45, 7) is 6.12. The summed E-state index contributed by atoms with van der Waals surface area (Å²) in [5.74, 6) is 0.271. The molecule has 3 amide bonds. The molecule has 2 heterocycles. The predicted molar refractivity (Wildman–Crippen MR) is 104 cm³/mol. The highest BCUT2D eigenvalue weighted by atomic mass is 32.1. The number of benzene rings is 1. The van der Waals surface area contributed by atoms with Crippen molar-refractivity contribution < 1.29 is 14.5 Å². The molecule has 0 bridgehead atoms. The topological polar surface area (TPSA) is 75.5 Å². The lowest BCUT2D eigenvalue weighted by molar-refractivity contribution is -0.897. The first-order valence-electron chi connectivity index (χ1n) is 9.34. The molecule has 140 valence electrons. The average Bonchev–Trinajstić information content (AvgIpc) is 3.06. The maximum atomic E-state index is 12.1. The van der Waals surface area contributed by atoms with Crippen LogP contribution in [0.5, 0.6) is 0 Å². The normalized spacial score (nSPS) is 21.3. The molecule has 26 heavy (non-hydrogen) atoms. The van der Waals surface area contributed by atoms with E-state index in [2.05, 4.69) is 22.8 Å². The summed E-state index contributed by atoms with van der Waals surface area (Å²) in [7, 11) is 0. The molecule has 3 rings (SSSR count). The molecule has 1 aromatic carbocycles. The molecule has 2 aromatic rings. The summed E-state index contributed by atoms with van der Waals surface area (Å²) in [6, 6.07) is 7.92. The van der Waals surface area contributed by atoms with Crippen molar-refractivity contribution in [2.45, 2.75) is 45.1 Å². The molecule has 0 radical (unpaired) electrons. The molecule has 0 aliphatic carbocycles. The van der Waals surface area contributed by atoms with Gasteiger partial charge in [0, 0.05) is 24.8 Å². The van der Waals surface area contributed by atoms with Gasteiger partial charge in [-0.15, -0.1) is 11.3 Å². The number of hydrogen-bond acceptors (Lipinski definition) is 4. The van der Waals surface area contributed by atoms with Crippen molar-refractivity contribution in [3.05, 3.63) is 29.3 Å². The Hall–Kier alpha value is -1.99. The van der Waals surface area contributed by atoms with Crippen LogP contribution in [0.3, 0.4) is 0 Å². The quantitative estimate of drug-likeness (QED) is 0.744. The number of carbonyl (C=O) groups excluding carboxylic acids is 2. The van der Waals surface area contributed by atoms with E-state index in [-0.39, 0.29) is 11.9 Å². The lowest BCUT2D eigenvalue weighted by Crippen LogP contribution is -3.14. The number of aromatic nitrogens is 1. The Balaban J connectivity index is 1.46. The first kappa shape index (κ1) is 18.8. The maximum absolute atomic E-state index is 12.1. The van der Waals surface area contributed by atoms with Crippen LogP contribution in [-0.4, -0.2) is 42.6 Å². The van der Waals surface area contributed by atoms with E-state index in [0.29, 0.717) is 12.5 Å². The second-order valence-corrected chi connectivity index (χ2v) is 8.11. The average molecular weight is 376 g/mol. The fourth-order valence-corrected chi connectivity index (χ4v) is 4.41. The van der Waals surface area contributed by atoms with Gasteiger partial charge in [-0.1, -0.05) is 19.1 Å². The van der Waals surface area contributed by atoms with Crippen LogP contribution in [0.15, 0.2) is 24.3 Å². The Morgan fingerprint density at radius 2 is 2.04 bits per heavy atom. The Morgan fingerprint density at radius 3 is 2.73 bits per heavy atom. The molecule has 1 aromatic heterocycles. The monoisotopic (exact) mass is 375 g/mol. The van der Waals surface area contributed by atoms with Gasteiger partial charge in [0.05, 0.1) is 28.3 Å². The van der Waals surface area contributed by atoms with Gasteiger partial charge in [0.15, 0.2) is 6.54 Å². The lowest BCUT2D eigenvalue weighted by Gasteiger charge is -2.27. The fourth-order valence-electron chi connectivity index (χ4n) is 3.27. The van der Waals surface area contributed by atoms with Crippen LogP contribution in [0, 0.1) is 0 Å². The number of thiazole rings is 1. The van der Waals surface area contributed by atoms with E-state index >= 15 is 0 Å². The SMILES string of the molecule is CC[C@@H](C)NC(=O)NC(=O)C[NH+]1CCC(c2nc3ccccc3s2)CC1. The Labute approximate surface area is 158 Å². The second-order valence-electron chi connectivity index (χ2n) is 7.05. The number of rotatable bonds is 5. The number of nitrogens with one attached hydrogen (secondary N) is 3. The minimum absolute atomic E-state index is 0.0692. The molecular weight excluding hydrogens is 348 g/mol. The second kappa shape index (κ2) is 8.60. The minimum Gasteiger partial charge on any atom is -0.335 e. The number of urea groups is 1. The Morgan fingerprint density at radius 1 is 1.31 bits per heavy atom. The van der Waals surface area contributed by atoms with Crippen molar-refractivity contribution in [1.29, 1.82) is 0 Å². The van der Waals surface area contributed by atoms with Crippen LogP contribution in [-0.2, 0) is 4.79 Å². The molecule has 6 nitrogen and oxygen atoms in total. The zero-order valence-electron chi connectivity index (χ0n) is 15.4. The van der Waals surface area contributed by atoms with Crippen LogP contribution >= 0.6 is 11.3 Å². The molecule has 1 atom stereocenters. The van der Waals surface area contributed by atoms with Gasteiger partial charge in [-0.25, -0.2) is 9.78 Å². The Bertz CT molecular complexity index is 735. The first-order chi connectivity index (χ1) is 12.5. The molecule has 1 aliphatic heterocycles. The smallest absolute Gasteiger partial charge is 0.321 e. The van der Waals surface area contributed by atoms with Crippen molar-refractivity contribution in [1.82, 2.24) is 15.6 Å². The minimum atomic E-state index is -0.395. The molecule has 3 N–H and O–H groups in total. The van der Waals surface area contributed by atoms with E-state index in [0.717, 1.165) is 37.9 Å². The van der Waals surface area contributed by atoms with E-state index in [4.69, 9.17) is 4.98 Å². The molecule has 0 unspecified atom stereocenters. The number of nitrogens with zero attached hydrogens (tertiary/aromatic N) is 1. The summed E-state index contributed by atoms with van der Waals surface area (Å²) >= 11 is 1.78. The highest BCUT2D eigenvalue weighted by Crippen LogP contribution is 2.31. The van der Waals surface area contributed by atoms with E-state index in [1.54, 1.807) is 11.3 Å². The zero-order valence-corrected chi connectivity index (χ0v) is 16.2. The van der Waals surface area contributed by atoms with E-state index in [9.17, 15) is 9.59 Å². The summed E-state index contributed by atoms with van der Waals surface area (Å²) in [5.41, 5.74) is 1.08. The lowest BCUT2D eigenvalue weighted by atomic mass is 9.97. The third-order valence-corrected chi connectivity index (χ3v) is 6.20. The van der Waals surface area contributed by atoms with Crippen LogP contribution < -0.4 is 15.5 Å². The van der Waals surface area contributed by atoms with Gasteiger partial charge in [-0.05, 0) is 25.5 Å². The number of carbonyl (C=O) groups is 2. The molecular formula is C19H27N4O2S+. The van der Waals surface area contributed by atoms with Crippen LogP contribution in [0.2, 0.25) is 0 Å². The number of imide groups is 1. The van der Waals surface area contributed by atoms with Gasteiger partial charge in [0.2, 0.25) is 0 Å². The number of quaternary nitrogens is 1. The predicted octanol–water partition coefficient (Wildman–Crippen LogP) is 1.68. The van der Waals surface area contributed by atoms with Crippen molar-refractivity contribution in [3.8, 4) is 0 Å².